The molecule has 6 heteroatoms. The van der Waals surface area contributed by atoms with Crippen molar-refractivity contribution >= 4 is 5.91 Å². The fourth-order valence-electron chi connectivity index (χ4n) is 1.78. The van der Waals surface area contributed by atoms with Gasteiger partial charge in [0.05, 0.1) is 5.56 Å². The van der Waals surface area contributed by atoms with Crippen LogP contribution in [0.4, 0.5) is 4.39 Å². The molecule has 108 valence electrons. The van der Waals surface area contributed by atoms with E-state index in [9.17, 15) is 9.18 Å². The van der Waals surface area contributed by atoms with Crippen molar-refractivity contribution in [3.05, 3.63) is 53.4 Å². The third-order valence-electron chi connectivity index (χ3n) is 2.73. The van der Waals surface area contributed by atoms with Crippen molar-refractivity contribution < 1.29 is 14.3 Å². The Hall–Kier alpha value is -2.65. The molecule has 2 rings (SSSR count). The van der Waals surface area contributed by atoms with Gasteiger partial charge in [0.1, 0.15) is 18.2 Å². The van der Waals surface area contributed by atoms with Gasteiger partial charge in [0, 0.05) is 30.9 Å². The van der Waals surface area contributed by atoms with Crippen LogP contribution in [0.2, 0.25) is 0 Å². The second kappa shape index (κ2) is 7.22. The second-order valence-electron chi connectivity index (χ2n) is 4.19. The van der Waals surface area contributed by atoms with Crippen LogP contribution < -0.4 is 5.32 Å². The lowest BCUT2D eigenvalue weighted by atomic mass is 10.1. The third-order valence-corrected chi connectivity index (χ3v) is 2.73. The number of aromatic nitrogens is 2. The van der Waals surface area contributed by atoms with E-state index in [0.717, 1.165) is 5.82 Å². The Labute approximate surface area is 121 Å². The monoisotopic (exact) mass is 287 g/mol. The van der Waals surface area contributed by atoms with Crippen LogP contribution in [0.3, 0.4) is 0 Å². The summed E-state index contributed by atoms with van der Waals surface area (Å²) in [5.74, 6) is 4.93. The summed E-state index contributed by atoms with van der Waals surface area (Å²) in [7, 11) is 0. The molecule has 0 radical (unpaired) electrons. The standard InChI is InChI=1S/C15H14FN3O2/c16-12-3-4-13(11(10-12)2-1-9-20)15(21)19-6-5-14-17-7-8-18-14/h3-4,7-8,10,20H,5-6,9H2,(H,17,18)(H,19,21). The summed E-state index contributed by atoms with van der Waals surface area (Å²) in [6.07, 6.45) is 3.91. The molecule has 0 aliphatic carbocycles. The first-order chi connectivity index (χ1) is 10.2. The predicted octanol–water partition coefficient (Wildman–Crippen LogP) is 0.865. The molecule has 0 atom stereocenters. The van der Waals surface area contributed by atoms with E-state index in [0.29, 0.717) is 13.0 Å². The molecular weight excluding hydrogens is 273 g/mol. The van der Waals surface area contributed by atoms with Crippen molar-refractivity contribution in [2.75, 3.05) is 13.2 Å². The maximum absolute atomic E-state index is 13.2. The highest BCUT2D eigenvalue weighted by Gasteiger charge is 2.11. The maximum atomic E-state index is 13.2. The van der Waals surface area contributed by atoms with Gasteiger partial charge in [0.15, 0.2) is 0 Å². The Kier molecular flexibility index (Phi) is 5.07. The number of halogens is 1. The molecule has 0 aliphatic heterocycles. The molecule has 5 nitrogen and oxygen atoms in total. The third kappa shape index (κ3) is 4.16. The highest BCUT2D eigenvalue weighted by atomic mass is 19.1. The lowest BCUT2D eigenvalue weighted by Gasteiger charge is -2.06. The SMILES string of the molecule is O=C(NCCc1ncc[nH]1)c1ccc(F)cc1C#CCO. The first-order valence-corrected chi connectivity index (χ1v) is 6.36. The van der Waals surface area contributed by atoms with E-state index in [1.54, 1.807) is 12.4 Å². The van der Waals surface area contributed by atoms with Gasteiger partial charge in [-0.1, -0.05) is 11.8 Å². The first kappa shape index (κ1) is 14.8. The molecule has 1 aromatic heterocycles. The molecule has 21 heavy (non-hydrogen) atoms. The maximum Gasteiger partial charge on any atom is 0.252 e. The fourth-order valence-corrected chi connectivity index (χ4v) is 1.78. The van der Waals surface area contributed by atoms with Crippen molar-refractivity contribution in [2.24, 2.45) is 0 Å². The highest BCUT2D eigenvalue weighted by Crippen LogP contribution is 2.10. The van der Waals surface area contributed by atoms with Gasteiger partial charge in [-0.2, -0.15) is 0 Å². The van der Waals surface area contributed by atoms with E-state index in [1.165, 1.54) is 18.2 Å². The quantitative estimate of drug-likeness (QED) is 0.730. The van der Waals surface area contributed by atoms with Crippen molar-refractivity contribution in [1.82, 2.24) is 15.3 Å². The van der Waals surface area contributed by atoms with Crippen LogP contribution in [0.5, 0.6) is 0 Å². The van der Waals surface area contributed by atoms with Crippen LogP contribution >= 0.6 is 0 Å². The Balaban J connectivity index is 2.04. The Morgan fingerprint density at radius 2 is 2.33 bits per heavy atom. The minimum Gasteiger partial charge on any atom is -0.384 e. The van der Waals surface area contributed by atoms with Gasteiger partial charge < -0.3 is 15.4 Å². The number of amides is 1. The topological polar surface area (TPSA) is 78.0 Å². The van der Waals surface area contributed by atoms with E-state index >= 15 is 0 Å². The van der Waals surface area contributed by atoms with Crippen LogP contribution in [0.1, 0.15) is 21.7 Å². The summed E-state index contributed by atoms with van der Waals surface area (Å²) in [6.45, 7) is 0.0483. The smallest absolute Gasteiger partial charge is 0.252 e. The number of hydrogen-bond donors (Lipinski definition) is 3. The highest BCUT2D eigenvalue weighted by molar-refractivity contribution is 5.96. The van der Waals surface area contributed by atoms with Gasteiger partial charge in [0.25, 0.3) is 5.91 Å². The molecule has 3 N–H and O–H groups in total. The zero-order valence-corrected chi connectivity index (χ0v) is 11.2. The summed E-state index contributed by atoms with van der Waals surface area (Å²) < 4.78 is 13.2. The van der Waals surface area contributed by atoms with Gasteiger partial charge >= 0.3 is 0 Å². The average Bonchev–Trinajstić information content (AvgIpc) is 2.98. The molecule has 0 saturated carbocycles. The summed E-state index contributed by atoms with van der Waals surface area (Å²) >= 11 is 0. The van der Waals surface area contributed by atoms with Gasteiger partial charge in [-0.3, -0.25) is 4.79 Å². The number of benzene rings is 1. The van der Waals surface area contributed by atoms with E-state index < -0.39 is 5.82 Å². The number of aliphatic hydroxyl groups is 1. The van der Waals surface area contributed by atoms with Gasteiger partial charge in [-0.05, 0) is 18.2 Å². The molecule has 0 spiro atoms. The van der Waals surface area contributed by atoms with E-state index in [-0.39, 0.29) is 23.6 Å². The number of nitrogens with one attached hydrogen (secondary N) is 2. The average molecular weight is 287 g/mol. The first-order valence-electron chi connectivity index (χ1n) is 6.36. The number of rotatable bonds is 4. The number of hydrogen-bond acceptors (Lipinski definition) is 3. The zero-order chi connectivity index (χ0) is 15.1. The Morgan fingerprint density at radius 3 is 3.05 bits per heavy atom. The van der Waals surface area contributed by atoms with Gasteiger partial charge in [-0.25, -0.2) is 9.37 Å². The normalized spacial score (nSPS) is 9.81. The lowest BCUT2D eigenvalue weighted by molar-refractivity contribution is 0.0953. The Morgan fingerprint density at radius 1 is 1.48 bits per heavy atom. The number of aromatic amines is 1. The molecule has 0 saturated heterocycles. The number of carbonyl (C=O) groups is 1. The fraction of sp³-hybridized carbons (Fsp3) is 0.200. The van der Waals surface area contributed by atoms with E-state index in [1.807, 2.05) is 0 Å². The van der Waals surface area contributed by atoms with Crippen molar-refractivity contribution in [2.45, 2.75) is 6.42 Å². The van der Waals surface area contributed by atoms with E-state index in [2.05, 4.69) is 27.1 Å². The molecular formula is C15H14FN3O2. The van der Waals surface area contributed by atoms with Crippen LogP contribution in [-0.2, 0) is 6.42 Å². The molecule has 2 aromatic rings. The van der Waals surface area contributed by atoms with Crippen molar-refractivity contribution in [3.8, 4) is 11.8 Å². The molecule has 1 amide bonds. The summed E-state index contributed by atoms with van der Waals surface area (Å²) in [6, 6.07) is 3.74. The lowest BCUT2D eigenvalue weighted by Crippen LogP contribution is -2.26. The molecule has 1 heterocycles. The second-order valence-corrected chi connectivity index (χ2v) is 4.19. The number of aliphatic hydroxyl groups excluding tert-OH is 1. The summed E-state index contributed by atoms with van der Waals surface area (Å²) in [4.78, 5) is 19.1. The van der Waals surface area contributed by atoms with Crippen molar-refractivity contribution in [1.29, 1.82) is 0 Å². The van der Waals surface area contributed by atoms with Gasteiger partial charge in [-0.15, -0.1) is 0 Å². The zero-order valence-electron chi connectivity index (χ0n) is 11.2. The van der Waals surface area contributed by atoms with Crippen LogP contribution in [0.25, 0.3) is 0 Å². The Bertz CT molecular complexity index is 672. The predicted molar refractivity (Wildman–Crippen MR) is 75.0 cm³/mol. The van der Waals surface area contributed by atoms with Gasteiger partial charge in [0.2, 0.25) is 0 Å². The summed E-state index contributed by atoms with van der Waals surface area (Å²) in [5, 5.41) is 11.4. The number of carbonyl (C=O) groups excluding carboxylic acids is 1. The van der Waals surface area contributed by atoms with Crippen LogP contribution in [0, 0.1) is 17.7 Å². The van der Waals surface area contributed by atoms with Crippen LogP contribution in [-0.4, -0.2) is 34.1 Å². The molecule has 0 unspecified atom stereocenters. The largest absolute Gasteiger partial charge is 0.384 e. The summed E-state index contributed by atoms with van der Waals surface area (Å²) in [5.41, 5.74) is 0.524. The number of H-pyrrole nitrogens is 1. The minimum absolute atomic E-state index is 0.250. The van der Waals surface area contributed by atoms with Crippen LogP contribution in [0.15, 0.2) is 30.6 Å². The van der Waals surface area contributed by atoms with Crippen molar-refractivity contribution in [3.63, 3.8) is 0 Å². The molecule has 1 aromatic carbocycles. The number of imidazole rings is 1. The van der Waals surface area contributed by atoms with E-state index in [4.69, 9.17) is 5.11 Å². The molecule has 0 bridgehead atoms. The molecule has 0 fully saturated rings. The molecule has 0 aliphatic rings. The minimum atomic E-state index is -0.482. The number of nitrogens with zero attached hydrogens (tertiary/aromatic N) is 1.